The number of benzene rings is 3. The molecule has 1 saturated heterocycles. The molecule has 144 valence electrons. The van der Waals surface area contributed by atoms with Crippen molar-refractivity contribution in [2.45, 2.75) is 13.5 Å². The van der Waals surface area contributed by atoms with Crippen molar-refractivity contribution in [3.05, 3.63) is 77.9 Å². The first-order valence-electron chi connectivity index (χ1n) is 10.0. The molecule has 1 aliphatic rings. The molecule has 0 unspecified atom stereocenters. The third-order valence-electron chi connectivity index (χ3n) is 5.20. The van der Waals surface area contributed by atoms with Crippen LogP contribution in [0.5, 0.6) is 5.75 Å². The molecular formula is C24H27N3O. The summed E-state index contributed by atoms with van der Waals surface area (Å²) >= 11 is 0. The lowest BCUT2D eigenvalue weighted by Gasteiger charge is -2.33. The van der Waals surface area contributed by atoms with Crippen LogP contribution in [0.25, 0.3) is 10.8 Å². The predicted octanol–water partition coefficient (Wildman–Crippen LogP) is 4.39. The van der Waals surface area contributed by atoms with Gasteiger partial charge in [-0.3, -0.25) is 9.91 Å². The molecule has 4 heteroatoms. The molecule has 1 fully saturated rings. The summed E-state index contributed by atoms with van der Waals surface area (Å²) in [6.07, 6.45) is 1.92. The standard InChI is InChI=1S/C24H27N3O/c1-2-28-24-13-6-4-9-21(24)18-25-27-16-14-26(15-17-27)19-22-11-7-10-20-8-3-5-12-23(20)22/h3-13,18H,2,14-17,19H2,1H3/b25-18-. The molecular weight excluding hydrogens is 346 g/mol. The third-order valence-corrected chi connectivity index (χ3v) is 5.20. The van der Waals surface area contributed by atoms with Crippen molar-refractivity contribution in [3.63, 3.8) is 0 Å². The number of ether oxygens (including phenoxy) is 1. The molecule has 0 aromatic heterocycles. The van der Waals surface area contributed by atoms with Crippen LogP contribution in [0.2, 0.25) is 0 Å². The minimum atomic E-state index is 0.664. The van der Waals surface area contributed by atoms with Gasteiger partial charge in [-0.15, -0.1) is 0 Å². The van der Waals surface area contributed by atoms with Crippen LogP contribution < -0.4 is 4.74 Å². The molecule has 28 heavy (non-hydrogen) atoms. The maximum Gasteiger partial charge on any atom is 0.128 e. The third kappa shape index (κ3) is 4.34. The number of para-hydroxylation sites is 1. The van der Waals surface area contributed by atoms with E-state index >= 15 is 0 Å². The topological polar surface area (TPSA) is 28.1 Å². The van der Waals surface area contributed by atoms with Crippen LogP contribution in [0.15, 0.2) is 71.8 Å². The first-order chi connectivity index (χ1) is 13.8. The molecule has 0 aliphatic carbocycles. The van der Waals surface area contributed by atoms with Gasteiger partial charge in [0.05, 0.1) is 12.8 Å². The maximum atomic E-state index is 5.68. The van der Waals surface area contributed by atoms with E-state index in [9.17, 15) is 0 Å². The van der Waals surface area contributed by atoms with Gasteiger partial charge in [0, 0.05) is 38.3 Å². The Bertz CT molecular complexity index is 940. The molecule has 4 nitrogen and oxygen atoms in total. The van der Waals surface area contributed by atoms with Crippen LogP contribution in [0.1, 0.15) is 18.1 Å². The van der Waals surface area contributed by atoms with Gasteiger partial charge in [-0.25, -0.2) is 0 Å². The lowest BCUT2D eigenvalue weighted by atomic mass is 10.0. The normalized spacial score (nSPS) is 15.4. The number of hydrogen-bond donors (Lipinski definition) is 0. The smallest absolute Gasteiger partial charge is 0.128 e. The zero-order valence-corrected chi connectivity index (χ0v) is 16.4. The molecule has 0 saturated carbocycles. The minimum Gasteiger partial charge on any atom is -0.493 e. The molecule has 0 amide bonds. The van der Waals surface area contributed by atoms with E-state index in [1.165, 1.54) is 16.3 Å². The fraction of sp³-hybridized carbons (Fsp3) is 0.292. The first-order valence-corrected chi connectivity index (χ1v) is 10.0. The molecule has 0 radical (unpaired) electrons. The lowest BCUT2D eigenvalue weighted by Crippen LogP contribution is -2.43. The van der Waals surface area contributed by atoms with Crippen molar-refractivity contribution in [3.8, 4) is 5.75 Å². The Hall–Kier alpha value is -2.85. The average molecular weight is 374 g/mol. The Kier molecular flexibility index (Phi) is 5.88. The molecule has 1 heterocycles. The largest absolute Gasteiger partial charge is 0.493 e. The molecule has 0 bridgehead atoms. The molecule has 4 rings (SSSR count). The highest BCUT2D eigenvalue weighted by atomic mass is 16.5. The summed E-state index contributed by atoms with van der Waals surface area (Å²) < 4.78 is 5.68. The van der Waals surface area contributed by atoms with Gasteiger partial charge >= 0.3 is 0 Å². The number of fused-ring (bicyclic) bond motifs is 1. The van der Waals surface area contributed by atoms with Gasteiger partial charge in [-0.1, -0.05) is 54.6 Å². The van der Waals surface area contributed by atoms with Crippen molar-refractivity contribution in [2.75, 3.05) is 32.8 Å². The highest BCUT2D eigenvalue weighted by Crippen LogP contribution is 2.21. The molecule has 0 spiro atoms. The van der Waals surface area contributed by atoms with Gasteiger partial charge in [0.2, 0.25) is 0 Å². The fourth-order valence-corrected chi connectivity index (χ4v) is 3.70. The summed E-state index contributed by atoms with van der Waals surface area (Å²) in [4.78, 5) is 2.52. The number of piperazine rings is 1. The Balaban J connectivity index is 1.36. The molecule has 3 aromatic carbocycles. The van der Waals surface area contributed by atoms with Crippen LogP contribution in [-0.4, -0.2) is 48.9 Å². The Morgan fingerprint density at radius 1 is 0.893 bits per heavy atom. The summed E-state index contributed by atoms with van der Waals surface area (Å²) in [5.41, 5.74) is 2.43. The second-order valence-electron chi connectivity index (χ2n) is 7.08. The number of hydrogen-bond acceptors (Lipinski definition) is 4. The number of hydrazone groups is 1. The highest BCUT2D eigenvalue weighted by Gasteiger charge is 2.16. The molecule has 3 aromatic rings. The minimum absolute atomic E-state index is 0.664. The van der Waals surface area contributed by atoms with E-state index in [-0.39, 0.29) is 0 Å². The second-order valence-corrected chi connectivity index (χ2v) is 7.08. The van der Waals surface area contributed by atoms with Gasteiger partial charge < -0.3 is 4.74 Å². The summed E-state index contributed by atoms with van der Waals surface area (Å²) in [6.45, 7) is 7.59. The molecule has 0 atom stereocenters. The Morgan fingerprint density at radius 2 is 1.64 bits per heavy atom. The summed E-state index contributed by atoms with van der Waals surface area (Å²) in [7, 11) is 0. The second kappa shape index (κ2) is 8.89. The van der Waals surface area contributed by atoms with E-state index in [0.29, 0.717) is 6.61 Å². The summed E-state index contributed by atoms with van der Waals surface area (Å²) in [5, 5.41) is 9.52. The lowest BCUT2D eigenvalue weighted by molar-refractivity contribution is 0.131. The van der Waals surface area contributed by atoms with Crippen LogP contribution in [0.4, 0.5) is 0 Å². The van der Waals surface area contributed by atoms with Crippen molar-refractivity contribution in [1.29, 1.82) is 0 Å². The zero-order valence-electron chi connectivity index (χ0n) is 16.4. The van der Waals surface area contributed by atoms with Crippen LogP contribution in [0.3, 0.4) is 0 Å². The van der Waals surface area contributed by atoms with E-state index in [4.69, 9.17) is 4.74 Å². The van der Waals surface area contributed by atoms with Gasteiger partial charge in [0.25, 0.3) is 0 Å². The van der Waals surface area contributed by atoms with Crippen molar-refractivity contribution < 1.29 is 4.74 Å². The number of rotatable bonds is 6. The van der Waals surface area contributed by atoms with E-state index in [1.807, 2.05) is 37.4 Å². The van der Waals surface area contributed by atoms with Gasteiger partial charge in [-0.2, -0.15) is 5.10 Å². The van der Waals surface area contributed by atoms with Gasteiger partial charge in [0.15, 0.2) is 0 Å². The fourth-order valence-electron chi connectivity index (χ4n) is 3.70. The summed E-state index contributed by atoms with van der Waals surface area (Å²) in [5.74, 6) is 0.892. The SMILES string of the molecule is CCOc1ccccc1/C=N\N1CCN(Cc2cccc3ccccc23)CC1. The monoisotopic (exact) mass is 373 g/mol. The zero-order chi connectivity index (χ0) is 19.2. The van der Waals surface area contributed by atoms with Gasteiger partial charge in [-0.05, 0) is 35.4 Å². The quantitative estimate of drug-likeness (QED) is 0.600. The van der Waals surface area contributed by atoms with Crippen LogP contribution in [-0.2, 0) is 6.54 Å². The summed E-state index contributed by atoms with van der Waals surface area (Å²) in [6, 6.07) is 23.3. The van der Waals surface area contributed by atoms with Crippen molar-refractivity contribution in [2.24, 2.45) is 5.10 Å². The predicted molar refractivity (Wildman–Crippen MR) is 116 cm³/mol. The Morgan fingerprint density at radius 3 is 2.50 bits per heavy atom. The number of nitrogens with zero attached hydrogens (tertiary/aromatic N) is 3. The average Bonchev–Trinajstić information content (AvgIpc) is 2.75. The van der Waals surface area contributed by atoms with Crippen LogP contribution >= 0.6 is 0 Å². The first kappa shape index (κ1) is 18.5. The van der Waals surface area contributed by atoms with E-state index in [1.54, 1.807) is 0 Å². The van der Waals surface area contributed by atoms with Gasteiger partial charge in [0.1, 0.15) is 5.75 Å². The highest BCUT2D eigenvalue weighted by molar-refractivity contribution is 5.85. The molecule has 0 N–H and O–H groups in total. The van der Waals surface area contributed by atoms with E-state index in [0.717, 1.165) is 44.0 Å². The Labute approximate surface area is 167 Å². The molecule has 1 aliphatic heterocycles. The van der Waals surface area contributed by atoms with Crippen molar-refractivity contribution >= 4 is 17.0 Å². The van der Waals surface area contributed by atoms with E-state index in [2.05, 4.69) is 57.5 Å². The van der Waals surface area contributed by atoms with Crippen molar-refractivity contribution in [1.82, 2.24) is 9.91 Å². The maximum absolute atomic E-state index is 5.68. The van der Waals surface area contributed by atoms with Crippen LogP contribution in [0, 0.1) is 0 Å². The van der Waals surface area contributed by atoms with E-state index < -0.39 is 0 Å².